The molecule has 1 rings (SSSR count). The minimum absolute atomic E-state index is 0.150. The van der Waals surface area contributed by atoms with Gasteiger partial charge in [-0.05, 0) is 25.0 Å². The SMILES string of the molecule is Cc1ccc(C)c([C@@H](N)C(F)(F)F)c1. The van der Waals surface area contributed by atoms with Gasteiger partial charge in [0.25, 0.3) is 0 Å². The Morgan fingerprint density at radius 3 is 2.29 bits per heavy atom. The molecule has 0 aliphatic heterocycles. The smallest absolute Gasteiger partial charge is 0.316 e. The molecule has 0 unspecified atom stereocenters. The zero-order valence-electron chi connectivity index (χ0n) is 8.02. The monoisotopic (exact) mass is 203 g/mol. The van der Waals surface area contributed by atoms with E-state index in [1.54, 1.807) is 26.0 Å². The fourth-order valence-corrected chi connectivity index (χ4v) is 1.27. The molecule has 1 aromatic carbocycles. The van der Waals surface area contributed by atoms with Crippen molar-refractivity contribution < 1.29 is 13.2 Å². The van der Waals surface area contributed by atoms with Gasteiger partial charge in [-0.15, -0.1) is 0 Å². The molecule has 78 valence electrons. The predicted octanol–water partition coefficient (Wildman–Crippen LogP) is 2.87. The Bertz CT molecular complexity index is 331. The standard InChI is InChI=1S/C10H12F3N/c1-6-3-4-7(2)8(5-6)9(14)10(11,12)13/h3-5,9H,14H2,1-2H3/t9-/m1/s1. The lowest BCUT2D eigenvalue weighted by molar-refractivity contribution is -0.149. The van der Waals surface area contributed by atoms with Crippen LogP contribution >= 0.6 is 0 Å². The van der Waals surface area contributed by atoms with Crippen molar-refractivity contribution in [2.24, 2.45) is 5.73 Å². The van der Waals surface area contributed by atoms with Crippen LogP contribution in [0.4, 0.5) is 13.2 Å². The van der Waals surface area contributed by atoms with E-state index in [9.17, 15) is 13.2 Å². The Balaban J connectivity index is 3.12. The number of rotatable bonds is 1. The van der Waals surface area contributed by atoms with E-state index in [0.29, 0.717) is 5.56 Å². The number of aryl methyl sites for hydroxylation is 2. The molecule has 0 amide bonds. The van der Waals surface area contributed by atoms with Crippen molar-refractivity contribution >= 4 is 0 Å². The highest BCUT2D eigenvalue weighted by molar-refractivity contribution is 5.33. The summed E-state index contributed by atoms with van der Waals surface area (Å²) in [7, 11) is 0. The second-order valence-corrected chi connectivity index (χ2v) is 3.38. The fraction of sp³-hybridized carbons (Fsp3) is 0.400. The van der Waals surface area contributed by atoms with E-state index in [1.807, 2.05) is 0 Å². The minimum Gasteiger partial charge on any atom is -0.316 e. The van der Waals surface area contributed by atoms with Crippen molar-refractivity contribution in [2.75, 3.05) is 0 Å². The molecule has 0 fully saturated rings. The molecule has 1 nitrogen and oxygen atoms in total. The third-order valence-electron chi connectivity index (χ3n) is 2.12. The van der Waals surface area contributed by atoms with Gasteiger partial charge in [-0.25, -0.2) is 0 Å². The summed E-state index contributed by atoms with van der Waals surface area (Å²) in [5, 5.41) is 0. The Morgan fingerprint density at radius 2 is 1.79 bits per heavy atom. The first-order valence-electron chi connectivity index (χ1n) is 4.22. The topological polar surface area (TPSA) is 26.0 Å². The maximum Gasteiger partial charge on any atom is 0.407 e. The fourth-order valence-electron chi connectivity index (χ4n) is 1.27. The van der Waals surface area contributed by atoms with Crippen LogP contribution in [-0.4, -0.2) is 6.18 Å². The lowest BCUT2D eigenvalue weighted by Gasteiger charge is -2.18. The van der Waals surface area contributed by atoms with Crippen molar-refractivity contribution in [3.8, 4) is 0 Å². The molecule has 0 aromatic heterocycles. The third kappa shape index (κ3) is 2.26. The third-order valence-corrected chi connectivity index (χ3v) is 2.12. The highest BCUT2D eigenvalue weighted by atomic mass is 19.4. The summed E-state index contributed by atoms with van der Waals surface area (Å²) < 4.78 is 37.0. The normalized spacial score (nSPS) is 14.1. The lowest BCUT2D eigenvalue weighted by Crippen LogP contribution is -2.29. The summed E-state index contributed by atoms with van der Waals surface area (Å²) in [6, 6.07) is 3.01. The van der Waals surface area contributed by atoms with Gasteiger partial charge in [-0.3, -0.25) is 0 Å². The predicted molar refractivity (Wildman–Crippen MR) is 48.9 cm³/mol. The summed E-state index contributed by atoms with van der Waals surface area (Å²) >= 11 is 0. The van der Waals surface area contributed by atoms with Crippen molar-refractivity contribution in [2.45, 2.75) is 26.1 Å². The molecule has 0 bridgehead atoms. The zero-order chi connectivity index (χ0) is 10.9. The van der Waals surface area contributed by atoms with Crippen LogP contribution in [0.25, 0.3) is 0 Å². The molecule has 0 radical (unpaired) electrons. The van der Waals surface area contributed by atoms with Gasteiger partial charge in [0.15, 0.2) is 0 Å². The van der Waals surface area contributed by atoms with Gasteiger partial charge in [0.1, 0.15) is 6.04 Å². The summed E-state index contributed by atoms with van der Waals surface area (Å²) in [6.45, 7) is 3.37. The van der Waals surface area contributed by atoms with Crippen molar-refractivity contribution in [3.63, 3.8) is 0 Å². The average Bonchev–Trinajstić information content (AvgIpc) is 2.06. The van der Waals surface area contributed by atoms with Gasteiger partial charge < -0.3 is 5.73 Å². The number of alkyl halides is 3. The van der Waals surface area contributed by atoms with Crippen LogP contribution in [-0.2, 0) is 0 Å². The van der Waals surface area contributed by atoms with E-state index in [-0.39, 0.29) is 5.56 Å². The minimum atomic E-state index is -4.38. The largest absolute Gasteiger partial charge is 0.407 e. The molecule has 0 saturated carbocycles. The quantitative estimate of drug-likeness (QED) is 0.746. The molecule has 4 heteroatoms. The second-order valence-electron chi connectivity index (χ2n) is 3.38. The first-order valence-corrected chi connectivity index (χ1v) is 4.22. The van der Waals surface area contributed by atoms with E-state index >= 15 is 0 Å². The van der Waals surface area contributed by atoms with Crippen LogP contribution in [0, 0.1) is 13.8 Å². The van der Waals surface area contributed by atoms with E-state index in [4.69, 9.17) is 5.73 Å². The molecule has 0 saturated heterocycles. The maximum atomic E-state index is 12.3. The molecular weight excluding hydrogens is 191 g/mol. The van der Waals surface area contributed by atoms with E-state index in [2.05, 4.69) is 0 Å². The molecule has 0 aliphatic carbocycles. The van der Waals surface area contributed by atoms with Gasteiger partial charge in [0.2, 0.25) is 0 Å². The van der Waals surface area contributed by atoms with Crippen LogP contribution in [0.3, 0.4) is 0 Å². The molecule has 14 heavy (non-hydrogen) atoms. The molecular formula is C10H12F3N. The Kier molecular flexibility index (Phi) is 2.85. The highest BCUT2D eigenvalue weighted by Gasteiger charge is 2.38. The van der Waals surface area contributed by atoms with Gasteiger partial charge in [0.05, 0.1) is 0 Å². The summed E-state index contributed by atoms with van der Waals surface area (Å²) in [5.41, 5.74) is 6.62. The van der Waals surface area contributed by atoms with Gasteiger partial charge >= 0.3 is 6.18 Å². The lowest BCUT2D eigenvalue weighted by atomic mass is 9.99. The first-order chi connectivity index (χ1) is 6.32. The van der Waals surface area contributed by atoms with Gasteiger partial charge in [-0.1, -0.05) is 23.8 Å². The van der Waals surface area contributed by atoms with Crippen LogP contribution < -0.4 is 5.73 Å². The molecule has 0 spiro atoms. The Labute approximate surface area is 80.7 Å². The van der Waals surface area contributed by atoms with E-state index in [1.165, 1.54) is 6.07 Å². The summed E-state index contributed by atoms with van der Waals surface area (Å²) in [6.07, 6.45) is -4.38. The van der Waals surface area contributed by atoms with Crippen molar-refractivity contribution in [1.82, 2.24) is 0 Å². The first kappa shape index (κ1) is 11.0. The number of hydrogen-bond donors (Lipinski definition) is 1. The van der Waals surface area contributed by atoms with Gasteiger partial charge in [0, 0.05) is 0 Å². The van der Waals surface area contributed by atoms with E-state index < -0.39 is 12.2 Å². The van der Waals surface area contributed by atoms with Crippen LogP contribution in [0.1, 0.15) is 22.7 Å². The number of halogens is 3. The van der Waals surface area contributed by atoms with Crippen molar-refractivity contribution in [1.29, 1.82) is 0 Å². The molecule has 1 atom stereocenters. The maximum absolute atomic E-state index is 12.3. The van der Waals surface area contributed by atoms with E-state index in [0.717, 1.165) is 5.56 Å². The molecule has 0 aliphatic rings. The second kappa shape index (κ2) is 3.61. The summed E-state index contributed by atoms with van der Waals surface area (Å²) in [4.78, 5) is 0. The Morgan fingerprint density at radius 1 is 1.21 bits per heavy atom. The van der Waals surface area contributed by atoms with Crippen molar-refractivity contribution in [3.05, 3.63) is 34.9 Å². The highest BCUT2D eigenvalue weighted by Crippen LogP contribution is 2.32. The average molecular weight is 203 g/mol. The number of hydrogen-bond acceptors (Lipinski definition) is 1. The summed E-state index contributed by atoms with van der Waals surface area (Å²) in [5.74, 6) is 0. The number of benzene rings is 1. The van der Waals surface area contributed by atoms with Crippen LogP contribution in [0.5, 0.6) is 0 Å². The zero-order valence-corrected chi connectivity index (χ0v) is 8.02. The Hall–Kier alpha value is -1.03. The van der Waals surface area contributed by atoms with Gasteiger partial charge in [-0.2, -0.15) is 13.2 Å². The molecule has 1 aromatic rings. The van der Waals surface area contributed by atoms with Crippen LogP contribution in [0.15, 0.2) is 18.2 Å². The molecule has 0 heterocycles. The van der Waals surface area contributed by atoms with Crippen LogP contribution in [0.2, 0.25) is 0 Å². The number of nitrogens with two attached hydrogens (primary N) is 1. The molecule has 2 N–H and O–H groups in total.